The minimum Gasteiger partial charge on any atom is -0.476 e. The Morgan fingerprint density at radius 2 is 2.05 bits per heavy atom. The number of thiazole rings is 1. The Bertz CT molecular complexity index is 636. The summed E-state index contributed by atoms with van der Waals surface area (Å²) in [5, 5.41) is 22.7. The Morgan fingerprint density at radius 3 is 2.53 bits per heavy atom. The molecule has 0 saturated heterocycles. The predicted molar refractivity (Wildman–Crippen MR) is 70.2 cm³/mol. The van der Waals surface area contributed by atoms with Gasteiger partial charge in [-0.2, -0.15) is 0 Å². The SMILES string of the molecule is Cc1sc(Nc2ccc([N+](=O)[O-])cc2)nc1C(=O)O. The van der Waals surface area contributed by atoms with E-state index in [4.69, 9.17) is 5.11 Å². The summed E-state index contributed by atoms with van der Waals surface area (Å²) >= 11 is 1.21. The molecule has 0 radical (unpaired) electrons. The quantitative estimate of drug-likeness (QED) is 0.658. The summed E-state index contributed by atoms with van der Waals surface area (Å²) in [7, 11) is 0. The molecule has 1 aromatic heterocycles. The fourth-order valence-corrected chi connectivity index (χ4v) is 2.26. The van der Waals surface area contributed by atoms with Crippen LogP contribution in [0.3, 0.4) is 0 Å². The number of nitro groups is 1. The average molecular weight is 279 g/mol. The van der Waals surface area contributed by atoms with Gasteiger partial charge in [0.2, 0.25) is 0 Å². The summed E-state index contributed by atoms with van der Waals surface area (Å²) < 4.78 is 0. The van der Waals surface area contributed by atoms with E-state index in [0.29, 0.717) is 15.7 Å². The summed E-state index contributed by atoms with van der Waals surface area (Å²) in [6.07, 6.45) is 0. The number of hydrogen-bond acceptors (Lipinski definition) is 6. The molecular formula is C11H9N3O4S. The third-order valence-corrected chi connectivity index (χ3v) is 3.21. The van der Waals surface area contributed by atoms with E-state index in [0.717, 1.165) is 0 Å². The highest BCUT2D eigenvalue weighted by molar-refractivity contribution is 7.15. The zero-order valence-electron chi connectivity index (χ0n) is 9.78. The number of aromatic nitrogens is 1. The van der Waals surface area contributed by atoms with Crippen LogP contribution in [0.2, 0.25) is 0 Å². The van der Waals surface area contributed by atoms with Gasteiger partial charge in [0.25, 0.3) is 5.69 Å². The summed E-state index contributed by atoms with van der Waals surface area (Å²) in [6.45, 7) is 1.67. The zero-order chi connectivity index (χ0) is 14.0. The number of non-ortho nitro benzene ring substituents is 1. The van der Waals surface area contributed by atoms with Crippen molar-refractivity contribution in [1.82, 2.24) is 4.98 Å². The predicted octanol–water partition coefficient (Wildman–Crippen LogP) is 2.80. The van der Waals surface area contributed by atoms with Crippen molar-refractivity contribution < 1.29 is 14.8 Å². The van der Waals surface area contributed by atoms with Crippen LogP contribution in [-0.4, -0.2) is 21.0 Å². The third-order valence-electron chi connectivity index (χ3n) is 2.33. The van der Waals surface area contributed by atoms with Gasteiger partial charge in [-0.25, -0.2) is 9.78 Å². The van der Waals surface area contributed by atoms with Crippen LogP contribution < -0.4 is 5.32 Å². The van der Waals surface area contributed by atoms with Crippen LogP contribution in [-0.2, 0) is 0 Å². The molecule has 0 saturated carbocycles. The topological polar surface area (TPSA) is 105 Å². The maximum atomic E-state index is 10.8. The molecule has 1 aromatic carbocycles. The molecule has 0 bridgehead atoms. The van der Waals surface area contributed by atoms with Crippen molar-refractivity contribution in [3.05, 3.63) is 45.0 Å². The normalized spacial score (nSPS) is 10.2. The molecule has 2 N–H and O–H groups in total. The average Bonchev–Trinajstić information content (AvgIpc) is 2.71. The van der Waals surface area contributed by atoms with E-state index in [2.05, 4.69) is 10.3 Å². The standard InChI is InChI=1S/C11H9N3O4S/c1-6-9(10(15)16)13-11(19-6)12-7-2-4-8(5-3-7)14(17)18/h2-5H,1H3,(H,12,13)(H,15,16). The molecule has 0 fully saturated rings. The minimum absolute atomic E-state index is 0.00732. The molecule has 19 heavy (non-hydrogen) atoms. The first-order valence-corrected chi connectivity index (χ1v) is 6.01. The van der Waals surface area contributed by atoms with E-state index in [1.165, 1.54) is 35.6 Å². The van der Waals surface area contributed by atoms with Gasteiger partial charge >= 0.3 is 5.97 Å². The zero-order valence-corrected chi connectivity index (χ0v) is 10.6. The molecular weight excluding hydrogens is 270 g/mol. The van der Waals surface area contributed by atoms with Crippen molar-refractivity contribution in [2.45, 2.75) is 6.92 Å². The van der Waals surface area contributed by atoms with E-state index in [9.17, 15) is 14.9 Å². The molecule has 98 valence electrons. The number of carboxylic acids is 1. The Morgan fingerprint density at radius 1 is 1.42 bits per heavy atom. The molecule has 2 aromatic rings. The number of nitrogens with zero attached hydrogens (tertiary/aromatic N) is 2. The summed E-state index contributed by atoms with van der Waals surface area (Å²) in [5.41, 5.74) is 0.609. The number of nitro benzene ring substituents is 1. The monoisotopic (exact) mass is 279 g/mol. The maximum Gasteiger partial charge on any atom is 0.355 e. The van der Waals surface area contributed by atoms with E-state index >= 15 is 0 Å². The van der Waals surface area contributed by atoms with Crippen molar-refractivity contribution in [2.75, 3.05) is 5.32 Å². The number of hydrogen-bond donors (Lipinski definition) is 2. The molecule has 0 atom stereocenters. The highest BCUT2D eigenvalue weighted by Gasteiger charge is 2.14. The summed E-state index contributed by atoms with van der Waals surface area (Å²) in [6, 6.07) is 5.80. The molecule has 8 heteroatoms. The molecule has 0 aliphatic carbocycles. The van der Waals surface area contributed by atoms with E-state index in [1.54, 1.807) is 6.92 Å². The van der Waals surface area contributed by atoms with Crippen molar-refractivity contribution in [2.24, 2.45) is 0 Å². The summed E-state index contributed by atoms with van der Waals surface area (Å²) in [5.74, 6) is -1.08. The largest absolute Gasteiger partial charge is 0.476 e. The molecule has 0 aliphatic rings. The van der Waals surface area contributed by atoms with Crippen LogP contribution >= 0.6 is 11.3 Å². The van der Waals surface area contributed by atoms with Crippen molar-refractivity contribution >= 4 is 33.8 Å². The number of carbonyl (C=O) groups is 1. The molecule has 0 unspecified atom stereocenters. The molecule has 2 rings (SSSR count). The molecule has 7 nitrogen and oxygen atoms in total. The van der Waals surface area contributed by atoms with Crippen molar-refractivity contribution in [1.29, 1.82) is 0 Å². The van der Waals surface area contributed by atoms with Gasteiger partial charge in [-0.05, 0) is 19.1 Å². The smallest absolute Gasteiger partial charge is 0.355 e. The Balaban J connectivity index is 2.19. The first kappa shape index (κ1) is 13.0. The van der Waals surface area contributed by atoms with Gasteiger partial charge in [0.05, 0.1) is 4.92 Å². The summed E-state index contributed by atoms with van der Waals surface area (Å²) in [4.78, 5) is 25.4. The highest BCUT2D eigenvalue weighted by atomic mass is 32.1. The number of carboxylic acid groups (broad SMARTS) is 1. The van der Waals surface area contributed by atoms with Crippen LogP contribution in [0.15, 0.2) is 24.3 Å². The highest BCUT2D eigenvalue weighted by Crippen LogP contribution is 2.26. The molecule has 0 aliphatic heterocycles. The van der Waals surface area contributed by atoms with E-state index in [-0.39, 0.29) is 11.4 Å². The van der Waals surface area contributed by atoms with Crippen LogP contribution in [0.1, 0.15) is 15.4 Å². The van der Waals surface area contributed by atoms with Crippen LogP contribution in [0.4, 0.5) is 16.5 Å². The lowest BCUT2D eigenvalue weighted by atomic mass is 10.3. The second-order valence-corrected chi connectivity index (χ2v) is 4.86. The van der Waals surface area contributed by atoms with E-state index < -0.39 is 10.9 Å². The number of aromatic carboxylic acids is 1. The van der Waals surface area contributed by atoms with Gasteiger partial charge < -0.3 is 10.4 Å². The molecule has 0 spiro atoms. The molecule has 0 amide bonds. The lowest BCUT2D eigenvalue weighted by Gasteiger charge is -2.01. The number of nitrogens with one attached hydrogen (secondary N) is 1. The van der Waals surface area contributed by atoms with Crippen LogP contribution in [0.5, 0.6) is 0 Å². The maximum absolute atomic E-state index is 10.8. The Kier molecular flexibility index (Phi) is 3.43. The van der Waals surface area contributed by atoms with Gasteiger partial charge in [-0.15, -0.1) is 11.3 Å². The van der Waals surface area contributed by atoms with Crippen LogP contribution in [0.25, 0.3) is 0 Å². The van der Waals surface area contributed by atoms with E-state index in [1.807, 2.05) is 0 Å². The number of aryl methyl sites for hydroxylation is 1. The van der Waals surface area contributed by atoms with Gasteiger partial charge in [0, 0.05) is 22.7 Å². The number of benzene rings is 1. The van der Waals surface area contributed by atoms with Gasteiger partial charge in [0.15, 0.2) is 10.8 Å². The van der Waals surface area contributed by atoms with Gasteiger partial charge in [0.1, 0.15) is 0 Å². The second-order valence-electron chi connectivity index (χ2n) is 3.66. The third kappa shape index (κ3) is 2.86. The fraction of sp³-hybridized carbons (Fsp3) is 0.0909. The molecule has 1 heterocycles. The lowest BCUT2D eigenvalue weighted by Crippen LogP contribution is -1.99. The van der Waals surface area contributed by atoms with Gasteiger partial charge in [-0.1, -0.05) is 0 Å². The van der Waals surface area contributed by atoms with Gasteiger partial charge in [-0.3, -0.25) is 10.1 Å². The first-order valence-electron chi connectivity index (χ1n) is 5.19. The Hall–Kier alpha value is -2.48. The number of rotatable bonds is 4. The number of anilines is 2. The van der Waals surface area contributed by atoms with Crippen molar-refractivity contribution in [3.63, 3.8) is 0 Å². The lowest BCUT2D eigenvalue weighted by molar-refractivity contribution is -0.384. The van der Waals surface area contributed by atoms with Crippen molar-refractivity contribution in [3.8, 4) is 0 Å². The second kappa shape index (κ2) is 5.02. The Labute approximate surface area is 111 Å². The minimum atomic E-state index is -1.08. The van der Waals surface area contributed by atoms with Crippen LogP contribution in [0, 0.1) is 17.0 Å². The first-order chi connectivity index (χ1) is 8.97. The fourth-order valence-electron chi connectivity index (χ4n) is 1.44.